The van der Waals surface area contributed by atoms with Crippen LogP contribution in [0, 0.1) is 6.92 Å². The molecule has 0 saturated heterocycles. The highest BCUT2D eigenvalue weighted by Gasteiger charge is 2.23. The Hall–Kier alpha value is -2.52. The second-order valence-electron chi connectivity index (χ2n) is 6.26. The second-order valence-corrected chi connectivity index (χ2v) is 7.51. The fourth-order valence-corrected chi connectivity index (χ4v) is 4.30. The molecule has 1 unspecified atom stereocenters. The van der Waals surface area contributed by atoms with Crippen LogP contribution in [0.2, 0.25) is 0 Å². The molecule has 1 N–H and O–H groups in total. The normalized spacial score (nSPS) is 16.7. The average molecular weight is 345 g/mol. The summed E-state index contributed by atoms with van der Waals surface area (Å²) in [5.74, 6) is 0.285. The standard InChI is InChI=1S/C22H19NOS/c1-15-10-12-16(13-11-15)22-14-19(17-6-2-4-8-20(17)24)23-18-7-3-5-9-21(18)25-22/h2-13,22,24H,14H2,1H3. The zero-order chi connectivity index (χ0) is 17.2. The summed E-state index contributed by atoms with van der Waals surface area (Å²) in [6, 6.07) is 24.4. The predicted octanol–water partition coefficient (Wildman–Crippen LogP) is 6.06. The molecule has 124 valence electrons. The number of rotatable bonds is 2. The van der Waals surface area contributed by atoms with E-state index in [2.05, 4.69) is 43.3 Å². The lowest BCUT2D eigenvalue weighted by atomic mass is 10.00. The average Bonchev–Trinajstić information content (AvgIpc) is 2.82. The number of hydrogen-bond donors (Lipinski definition) is 1. The molecule has 3 heteroatoms. The number of nitrogens with zero attached hydrogens (tertiary/aromatic N) is 1. The van der Waals surface area contributed by atoms with E-state index in [4.69, 9.17) is 4.99 Å². The van der Waals surface area contributed by atoms with Crippen LogP contribution in [0.25, 0.3) is 0 Å². The topological polar surface area (TPSA) is 32.6 Å². The van der Waals surface area contributed by atoms with Gasteiger partial charge in [0.1, 0.15) is 5.75 Å². The lowest BCUT2D eigenvalue weighted by Gasteiger charge is -2.16. The molecule has 0 bridgehead atoms. The van der Waals surface area contributed by atoms with Crippen molar-refractivity contribution in [3.63, 3.8) is 0 Å². The number of thioether (sulfide) groups is 1. The Bertz CT molecular complexity index is 931. The van der Waals surface area contributed by atoms with E-state index in [1.165, 1.54) is 16.0 Å². The van der Waals surface area contributed by atoms with Crippen molar-refractivity contribution in [2.24, 2.45) is 4.99 Å². The van der Waals surface area contributed by atoms with Gasteiger partial charge in [-0.15, -0.1) is 11.8 Å². The van der Waals surface area contributed by atoms with Crippen molar-refractivity contribution in [2.45, 2.75) is 23.5 Å². The van der Waals surface area contributed by atoms with E-state index in [-0.39, 0.29) is 11.0 Å². The molecule has 3 aromatic carbocycles. The number of aromatic hydroxyl groups is 1. The molecule has 0 aliphatic carbocycles. The molecule has 0 aromatic heterocycles. The molecule has 0 saturated carbocycles. The number of benzene rings is 3. The van der Waals surface area contributed by atoms with Crippen molar-refractivity contribution in [1.82, 2.24) is 0 Å². The molecule has 1 aliphatic heterocycles. The monoisotopic (exact) mass is 345 g/mol. The number of fused-ring (bicyclic) bond motifs is 1. The molecular formula is C22H19NOS. The van der Waals surface area contributed by atoms with Crippen LogP contribution in [0.5, 0.6) is 5.75 Å². The molecular weight excluding hydrogens is 326 g/mol. The van der Waals surface area contributed by atoms with Crippen molar-refractivity contribution in [2.75, 3.05) is 0 Å². The third-order valence-electron chi connectivity index (χ3n) is 4.43. The number of phenols is 1. The van der Waals surface area contributed by atoms with Gasteiger partial charge in [0, 0.05) is 22.1 Å². The third kappa shape index (κ3) is 3.33. The van der Waals surface area contributed by atoms with Crippen LogP contribution in [0.3, 0.4) is 0 Å². The first-order valence-corrected chi connectivity index (χ1v) is 9.27. The van der Waals surface area contributed by atoms with E-state index in [0.29, 0.717) is 0 Å². The molecule has 1 atom stereocenters. The molecule has 1 aliphatic rings. The summed E-state index contributed by atoms with van der Waals surface area (Å²) in [5, 5.41) is 10.6. The molecule has 3 aromatic rings. The van der Waals surface area contributed by atoms with Crippen LogP contribution in [0.15, 0.2) is 82.7 Å². The SMILES string of the molecule is Cc1ccc(C2CC(c3ccccc3O)=Nc3ccccc3S2)cc1. The highest BCUT2D eigenvalue weighted by molar-refractivity contribution is 7.99. The highest BCUT2D eigenvalue weighted by Crippen LogP contribution is 2.45. The van der Waals surface area contributed by atoms with Crippen LogP contribution in [-0.4, -0.2) is 10.8 Å². The van der Waals surface area contributed by atoms with E-state index in [9.17, 15) is 5.11 Å². The molecule has 0 fully saturated rings. The Morgan fingerprint density at radius 3 is 2.44 bits per heavy atom. The molecule has 25 heavy (non-hydrogen) atoms. The zero-order valence-electron chi connectivity index (χ0n) is 14.0. The first kappa shape index (κ1) is 16.0. The Kier molecular flexibility index (Phi) is 4.33. The Morgan fingerprint density at radius 2 is 1.64 bits per heavy atom. The van der Waals surface area contributed by atoms with Gasteiger partial charge in [-0.05, 0) is 36.8 Å². The van der Waals surface area contributed by atoms with Crippen molar-refractivity contribution in [1.29, 1.82) is 0 Å². The van der Waals surface area contributed by atoms with Crippen molar-refractivity contribution < 1.29 is 5.11 Å². The lowest BCUT2D eigenvalue weighted by Crippen LogP contribution is -2.05. The van der Waals surface area contributed by atoms with Gasteiger partial charge in [0.05, 0.1) is 11.4 Å². The van der Waals surface area contributed by atoms with Crippen molar-refractivity contribution in [3.05, 3.63) is 89.5 Å². The minimum absolute atomic E-state index is 0.266. The fraction of sp³-hybridized carbons (Fsp3) is 0.136. The molecule has 0 amide bonds. The van der Waals surface area contributed by atoms with Crippen LogP contribution >= 0.6 is 11.8 Å². The number of aryl methyl sites for hydroxylation is 1. The van der Waals surface area contributed by atoms with Crippen LogP contribution in [0.1, 0.15) is 28.4 Å². The third-order valence-corrected chi connectivity index (χ3v) is 5.76. The zero-order valence-corrected chi connectivity index (χ0v) is 14.8. The quantitative estimate of drug-likeness (QED) is 0.612. The number of aliphatic imine (C=N–C) groups is 1. The van der Waals surface area contributed by atoms with Crippen molar-refractivity contribution in [3.8, 4) is 5.75 Å². The maximum Gasteiger partial charge on any atom is 0.124 e. The van der Waals surface area contributed by atoms with Crippen LogP contribution in [-0.2, 0) is 0 Å². The van der Waals surface area contributed by atoms with Gasteiger partial charge in [-0.2, -0.15) is 0 Å². The maximum atomic E-state index is 10.3. The van der Waals surface area contributed by atoms with E-state index >= 15 is 0 Å². The van der Waals surface area contributed by atoms with E-state index in [1.807, 2.05) is 42.1 Å². The Labute approximate surface area is 152 Å². The minimum atomic E-state index is 0.266. The molecule has 1 heterocycles. The number of para-hydroxylation sites is 2. The van der Waals surface area contributed by atoms with Gasteiger partial charge in [-0.25, -0.2) is 0 Å². The molecule has 0 spiro atoms. The molecule has 4 rings (SSSR count). The molecule has 0 radical (unpaired) electrons. The van der Waals surface area contributed by atoms with E-state index in [1.54, 1.807) is 6.07 Å². The summed E-state index contributed by atoms with van der Waals surface area (Å²) in [5.41, 5.74) is 5.27. The maximum absolute atomic E-state index is 10.3. The highest BCUT2D eigenvalue weighted by atomic mass is 32.2. The van der Waals surface area contributed by atoms with Gasteiger partial charge in [-0.3, -0.25) is 4.99 Å². The second kappa shape index (κ2) is 6.77. The molecule has 2 nitrogen and oxygen atoms in total. The van der Waals surface area contributed by atoms with Gasteiger partial charge < -0.3 is 5.11 Å². The summed E-state index contributed by atoms with van der Waals surface area (Å²) in [6.07, 6.45) is 0.778. The van der Waals surface area contributed by atoms with Crippen LogP contribution < -0.4 is 0 Å². The number of hydrogen-bond acceptors (Lipinski definition) is 3. The number of phenolic OH excluding ortho intramolecular Hbond substituents is 1. The van der Waals surface area contributed by atoms with Crippen molar-refractivity contribution >= 4 is 23.2 Å². The summed E-state index contributed by atoms with van der Waals surface area (Å²) < 4.78 is 0. The fourth-order valence-electron chi connectivity index (χ4n) is 3.07. The minimum Gasteiger partial charge on any atom is -0.507 e. The van der Waals surface area contributed by atoms with Gasteiger partial charge in [0.25, 0.3) is 0 Å². The van der Waals surface area contributed by atoms with E-state index < -0.39 is 0 Å². The lowest BCUT2D eigenvalue weighted by molar-refractivity contribution is 0.474. The first-order valence-electron chi connectivity index (χ1n) is 8.39. The van der Waals surface area contributed by atoms with Gasteiger partial charge in [0.2, 0.25) is 0 Å². The first-order chi connectivity index (χ1) is 12.2. The summed E-state index contributed by atoms with van der Waals surface area (Å²) in [4.78, 5) is 6.08. The summed E-state index contributed by atoms with van der Waals surface area (Å²) >= 11 is 1.84. The van der Waals surface area contributed by atoms with E-state index in [0.717, 1.165) is 23.4 Å². The Morgan fingerprint density at radius 1 is 0.920 bits per heavy atom. The predicted molar refractivity (Wildman–Crippen MR) is 105 cm³/mol. The van der Waals surface area contributed by atoms with Crippen LogP contribution in [0.4, 0.5) is 5.69 Å². The Balaban J connectivity index is 1.82. The van der Waals surface area contributed by atoms with Gasteiger partial charge in [0.15, 0.2) is 0 Å². The van der Waals surface area contributed by atoms with Gasteiger partial charge in [-0.1, -0.05) is 54.1 Å². The summed E-state index contributed by atoms with van der Waals surface area (Å²) in [6.45, 7) is 2.11. The van der Waals surface area contributed by atoms with Gasteiger partial charge >= 0.3 is 0 Å². The smallest absolute Gasteiger partial charge is 0.124 e. The summed E-state index contributed by atoms with van der Waals surface area (Å²) in [7, 11) is 0. The largest absolute Gasteiger partial charge is 0.507 e.